The molecule has 3 aliphatic heterocycles. The third-order valence-electron chi connectivity index (χ3n) is 16.0. The van der Waals surface area contributed by atoms with Gasteiger partial charge in [-0.1, -0.05) is 139 Å². The predicted molar refractivity (Wildman–Crippen MR) is 344 cm³/mol. The Hall–Kier alpha value is -5.70. The van der Waals surface area contributed by atoms with E-state index in [0.29, 0.717) is 71.3 Å². The highest BCUT2D eigenvalue weighted by molar-refractivity contribution is 7.91. The molecule has 0 radical (unpaired) electrons. The normalized spacial score (nSPS) is 15.8. The summed E-state index contributed by atoms with van der Waals surface area (Å²) in [5.41, 5.74) is 3.94. The van der Waals surface area contributed by atoms with E-state index in [1.807, 2.05) is 60.7 Å². The molecule has 1 spiro atoms. The Morgan fingerprint density at radius 3 is 1.38 bits per heavy atom. The number of hydrogen-bond donors (Lipinski definition) is 1. The number of ether oxygens (including phenoxy) is 9. The van der Waals surface area contributed by atoms with Crippen molar-refractivity contribution in [3.8, 4) is 46.0 Å². The minimum Gasteiger partial charge on any atom is -0.494 e. The fourth-order valence-electron chi connectivity index (χ4n) is 11.1. The van der Waals surface area contributed by atoms with Crippen molar-refractivity contribution in [3.63, 3.8) is 0 Å². The summed E-state index contributed by atoms with van der Waals surface area (Å²) in [5.74, 6) is 5.53. The van der Waals surface area contributed by atoms with E-state index in [4.69, 9.17) is 42.6 Å². The molecule has 474 valence electrons. The average Bonchev–Trinajstić information content (AvgIpc) is 1.42. The number of rotatable bonds is 37. The van der Waals surface area contributed by atoms with Gasteiger partial charge in [0.25, 0.3) is 5.79 Å². The van der Waals surface area contributed by atoms with Gasteiger partial charge in [-0.05, 0) is 106 Å². The van der Waals surface area contributed by atoms with Crippen molar-refractivity contribution < 1.29 is 55.8 Å². The third-order valence-corrected chi connectivity index (χ3v) is 17.6. The molecule has 0 aromatic heterocycles. The molecule has 14 nitrogen and oxygen atoms in total. The van der Waals surface area contributed by atoms with Crippen LogP contribution in [-0.4, -0.2) is 97.6 Å². The maximum atomic E-state index is 11.9. The number of anilines is 2. The van der Waals surface area contributed by atoms with Crippen LogP contribution in [0.25, 0.3) is 0 Å². The van der Waals surface area contributed by atoms with Crippen molar-refractivity contribution in [3.05, 3.63) is 83.9 Å². The number of unbranched alkanes of at least 4 members (excludes halogenated alkanes) is 13. The van der Waals surface area contributed by atoms with Gasteiger partial charge in [0, 0.05) is 77.9 Å². The summed E-state index contributed by atoms with van der Waals surface area (Å²) < 4.78 is 78.8. The summed E-state index contributed by atoms with van der Waals surface area (Å²) in [6, 6.07) is 24.0. The minimum atomic E-state index is -2.86. The average molecular weight is 1200 g/mol. The van der Waals surface area contributed by atoms with Crippen molar-refractivity contribution >= 4 is 27.2 Å². The van der Waals surface area contributed by atoms with E-state index in [9.17, 15) is 13.2 Å². The molecule has 1 N–H and O–H groups in total. The molecular formula is C70H106N2O12S. The van der Waals surface area contributed by atoms with Crippen LogP contribution >= 0.6 is 0 Å². The fraction of sp³-hybridized carbons (Fsp3) is 0.643. The molecule has 3 aliphatic rings. The zero-order valence-electron chi connectivity index (χ0n) is 53.5. The summed E-state index contributed by atoms with van der Waals surface area (Å²) >= 11 is 0. The van der Waals surface area contributed by atoms with Gasteiger partial charge in [-0.15, -0.1) is 0 Å². The predicted octanol–water partition coefficient (Wildman–Crippen LogP) is 16.6. The maximum Gasteiger partial charge on any atom is 0.344 e. The Bertz CT molecular complexity index is 2590. The second-order valence-electron chi connectivity index (χ2n) is 24.6. The van der Waals surface area contributed by atoms with Gasteiger partial charge in [0.05, 0.1) is 51.1 Å². The van der Waals surface area contributed by atoms with Crippen LogP contribution in [0.1, 0.15) is 208 Å². The Labute approximate surface area is 511 Å². The second kappa shape index (κ2) is 35.2. The topological polar surface area (TPSA) is 150 Å². The Morgan fingerprint density at radius 2 is 0.906 bits per heavy atom. The van der Waals surface area contributed by atoms with Crippen LogP contribution in [0.15, 0.2) is 72.8 Å². The van der Waals surface area contributed by atoms with Crippen molar-refractivity contribution in [2.75, 3.05) is 87.6 Å². The van der Waals surface area contributed by atoms with Gasteiger partial charge in [-0.25, -0.2) is 13.2 Å². The van der Waals surface area contributed by atoms with Gasteiger partial charge in [-0.3, -0.25) is 0 Å². The van der Waals surface area contributed by atoms with E-state index in [0.717, 1.165) is 159 Å². The summed E-state index contributed by atoms with van der Waals surface area (Å²) in [4.78, 5) is 14.1. The number of benzene rings is 4. The SMILES string of the molecule is CCCCCNc1ccc(OCC(=O)OCCCCCCCCCCOc2ccc(N3CCS(=O)(=O)CC3)cc2)cc1.CCCCOc1cc2c(cc1OCCCC)C(C)(C)CC1(CC(C)(C)c3cc(OCCCC)c(OCCCC)cc3O1)O2. The molecule has 3 heterocycles. The molecule has 0 bridgehead atoms. The van der Waals surface area contributed by atoms with Crippen LogP contribution in [0.3, 0.4) is 0 Å². The molecule has 1 saturated heterocycles. The molecule has 15 heteroatoms. The third kappa shape index (κ3) is 22.5. The molecule has 0 saturated carbocycles. The molecule has 7 rings (SSSR count). The van der Waals surface area contributed by atoms with E-state index >= 15 is 0 Å². The lowest BCUT2D eigenvalue weighted by atomic mass is 9.69. The monoisotopic (exact) mass is 1200 g/mol. The lowest BCUT2D eigenvalue weighted by Crippen LogP contribution is -2.55. The summed E-state index contributed by atoms with van der Waals surface area (Å²) in [6.07, 6.45) is 22.2. The lowest BCUT2D eigenvalue weighted by molar-refractivity contribution is -0.166. The number of nitrogens with one attached hydrogen (secondary N) is 1. The summed E-state index contributed by atoms with van der Waals surface area (Å²) in [7, 11) is -2.86. The number of carbonyl (C=O) groups is 1. The van der Waals surface area contributed by atoms with Crippen LogP contribution in [-0.2, 0) is 30.2 Å². The van der Waals surface area contributed by atoms with E-state index in [-0.39, 0.29) is 34.9 Å². The van der Waals surface area contributed by atoms with E-state index < -0.39 is 15.6 Å². The van der Waals surface area contributed by atoms with Crippen LogP contribution in [0.4, 0.5) is 11.4 Å². The first-order chi connectivity index (χ1) is 41.0. The van der Waals surface area contributed by atoms with Crippen molar-refractivity contribution in [2.45, 2.75) is 214 Å². The number of fused-ring (bicyclic) bond motifs is 2. The molecule has 1 fully saturated rings. The quantitative estimate of drug-likeness (QED) is 0.0337. The highest BCUT2D eigenvalue weighted by Gasteiger charge is 2.54. The molecule has 0 atom stereocenters. The van der Waals surface area contributed by atoms with Gasteiger partial charge < -0.3 is 52.8 Å². The first-order valence-electron chi connectivity index (χ1n) is 32.6. The summed E-state index contributed by atoms with van der Waals surface area (Å²) in [5, 5.41) is 3.39. The highest BCUT2D eigenvalue weighted by Crippen LogP contribution is 2.56. The Morgan fingerprint density at radius 1 is 0.494 bits per heavy atom. The van der Waals surface area contributed by atoms with Gasteiger partial charge in [0.1, 0.15) is 23.0 Å². The molecule has 0 aliphatic carbocycles. The first-order valence-corrected chi connectivity index (χ1v) is 34.4. The molecule has 0 amide bonds. The van der Waals surface area contributed by atoms with Crippen LogP contribution < -0.4 is 48.1 Å². The largest absolute Gasteiger partial charge is 0.494 e. The zero-order chi connectivity index (χ0) is 61.0. The molecule has 0 unspecified atom stereocenters. The molecule has 85 heavy (non-hydrogen) atoms. The Kier molecular flexibility index (Phi) is 28.3. The van der Waals surface area contributed by atoms with Gasteiger partial charge in [0.2, 0.25) is 0 Å². The van der Waals surface area contributed by atoms with Gasteiger partial charge >= 0.3 is 5.97 Å². The number of nitrogens with zero attached hydrogens (tertiary/aromatic N) is 1. The molecular weight excluding hydrogens is 1090 g/mol. The van der Waals surface area contributed by atoms with Crippen molar-refractivity contribution in [1.82, 2.24) is 0 Å². The number of sulfone groups is 1. The van der Waals surface area contributed by atoms with Crippen molar-refractivity contribution in [1.29, 1.82) is 0 Å². The van der Waals surface area contributed by atoms with Crippen LogP contribution in [0.2, 0.25) is 0 Å². The highest BCUT2D eigenvalue weighted by atomic mass is 32.2. The lowest BCUT2D eigenvalue weighted by Gasteiger charge is -2.51. The minimum absolute atomic E-state index is 0.0643. The van der Waals surface area contributed by atoms with Crippen LogP contribution in [0, 0.1) is 0 Å². The molecule has 4 aromatic rings. The number of hydrogen-bond acceptors (Lipinski definition) is 14. The van der Waals surface area contributed by atoms with E-state index in [1.165, 1.54) is 32.1 Å². The van der Waals surface area contributed by atoms with E-state index in [1.54, 1.807) is 0 Å². The summed E-state index contributed by atoms with van der Waals surface area (Å²) in [6.45, 7) is 25.8. The number of carbonyl (C=O) groups excluding carboxylic acids is 1. The van der Waals surface area contributed by atoms with E-state index in [2.05, 4.69) is 84.7 Å². The van der Waals surface area contributed by atoms with Crippen LogP contribution in [0.5, 0.6) is 46.0 Å². The van der Waals surface area contributed by atoms with Gasteiger partial charge in [0.15, 0.2) is 39.4 Å². The molecule has 4 aromatic carbocycles. The standard InChI is InChI=1S/C37H56O6.C33H50N2O6S/c1-9-13-17-38-31-21-27-29(23-33(31)40-19-15-11-3)42-37(25-35(27,5)6)26-36(7,8)28-22-32(39-18-14-10-2)34(24-30(28)43-37)41-20-16-12-4;1-2-3-10-21-34-29-13-17-32(18-14-29)41-28-33(36)40-25-12-9-7-5-4-6-8-11-24-39-31-19-15-30(16-20-31)35-22-26-42(37,38)27-23-35/h21-24H,9-20,25-26H2,1-8H3;13-20,34H,2-12,21-28H2,1H3. The fourth-order valence-corrected chi connectivity index (χ4v) is 12.3. The smallest absolute Gasteiger partial charge is 0.344 e. The maximum absolute atomic E-state index is 11.9. The second-order valence-corrected chi connectivity index (χ2v) is 26.9. The van der Waals surface area contributed by atoms with Crippen molar-refractivity contribution in [2.24, 2.45) is 0 Å². The van der Waals surface area contributed by atoms with Gasteiger partial charge in [-0.2, -0.15) is 0 Å². The zero-order valence-corrected chi connectivity index (χ0v) is 54.3. The Balaban J connectivity index is 0.000000272. The number of esters is 1. The first kappa shape index (κ1) is 68.4.